The van der Waals surface area contributed by atoms with E-state index in [4.69, 9.17) is 18.9 Å². The van der Waals surface area contributed by atoms with Gasteiger partial charge in [0, 0.05) is 12.6 Å². The summed E-state index contributed by atoms with van der Waals surface area (Å²) in [4.78, 5) is 26.3. The lowest BCUT2D eigenvalue weighted by Crippen LogP contribution is -2.45. The van der Waals surface area contributed by atoms with Gasteiger partial charge >= 0.3 is 12.1 Å². The van der Waals surface area contributed by atoms with Crippen molar-refractivity contribution in [1.29, 1.82) is 0 Å². The molecule has 2 atom stereocenters. The molecule has 0 saturated carbocycles. The molecule has 0 bridgehead atoms. The second-order valence-corrected chi connectivity index (χ2v) is 7.09. The van der Waals surface area contributed by atoms with Crippen LogP contribution in [0, 0.1) is 0 Å². The number of carbonyl (C=O) groups is 2. The molecule has 0 aromatic heterocycles. The van der Waals surface area contributed by atoms with Crippen molar-refractivity contribution >= 4 is 12.1 Å². The molecule has 5 rings (SSSR count). The van der Waals surface area contributed by atoms with E-state index >= 15 is 0 Å². The third kappa shape index (κ3) is 3.29. The lowest BCUT2D eigenvalue weighted by molar-refractivity contribution is -0.141. The Morgan fingerprint density at radius 3 is 2.69 bits per heavy atom. The van der Waals surface area contributed by atoms with E-state index in [9.17, 15) is 9.59 Å². The zero-order valence-electron chi connectivity index (χ0n) is 15.6. The van der Waals surface area contributed by atoms with E-state index in [1.54, 1.807) is 11.0 Å². The van der Waals surface area contributed by atoms with Gasteiger partial charge in [-0.2, -0.15) is 0 Å². The molecule has 0 fully saturated rings. The molecule has 148 valence electrons. The highest BCUT2D eigenvalue weighted by atomic mass is 16.7. The van der Waals surface area contributed by atoms with Crippen molar-refractivity contribution in [3.05, 3.63) is 71.3 Å². The van der Waals surface area contributed by atoms with Crippen molar-refractivity contribution in [3.8, 4) is 11.5 Å². The molecule has 0 aliphatic carbocycles. The van der Waals surface area contributed by atoms with E-state index in [1.807, 2.05) is 42.5 Å². The summed E-state index contributed by atoms with van der Waals surface area (Å²) in [6.45, 7) is 0.800. The van der Waals surface area contributed by atoms with Crippen LogP contribution in [-0.4, -0.2) is 36.4 Å². The quantitative estimate of drug-likeness (QED) is 0.746. The second-order valence-electron chi connectivity index (χ2n) is 7.09. The van der Waals surface area contributed by atoms with E-state index in [-0.39, 0.29) is 13.4 Å². The number of ether oxygens (including phenoxy) is 4. The Bertz CT molecular complexity index is 986. The van der Waals surface area contributed by atoms with Crippen LogP contribution < -0.4 is 9.47 Å². The number of esters is 1. The fraction of sp³-hybridized carbons (Fsp3) is 0.273. The van der Waals surface area contributed by atoms with E-state index in [0.29, 0.717) is 24.5 Å². The first-order chi connectivity index (χ1) is 14.2. The van der Waals surface area contributed by atoms with E-state index in [0.717, 1.165) is 16.7 Å². The number of hydrogen-bond donors (Lipinski definition) is 0. The Balaban J connectivity index is 1.44. The molecule has 3 aliphatic rings. The number of fused-ring (bicyclic) bond motifs is 2. The molecule has 7 heteroatoms. The van der Waals surface area contributed by atoms with Gasteiger partial charge in [-0.25, -0.2) is 9.59 Å². The maximum Gasteiger partial charge on any atom is 0.410 e. The van der Waals surface area contributed by atoms with Gasteiger partial charge in [-0.1, -0.05) is 30.3 Å². The van der Waals surface area contributed by atoms with Gasteiger partial charge in [-0.3, -0.25) is 4.90 Å². The average Bonchev–Trinajstić information content (AvgIpc) is 3.38. The maximum absolute atomic E-state index is 12.9. The lowest BCUT2D eigenvalue weighted by atomic mass is 9.89. The lowest BCUT2D eigenvalue weighted by Gasteiger charge is -2.38. The molecule has 0 unspecified atom stereocenters. The molecule has 1 amide bonds. The van der Waals surface area contributed by atoms with Crippen molar-refractivity contribution in [2.45, 2.75) is 25.2 Å². The SMILES string of the molecule is O=C1C=C[C@H]([C@@H]2c3cc4c(cc3CCN2C(=O)OCc2ccccc2)OCO4)O1. The summed E-state index contributed by atoms with van der Waals surface area (Å²) in [5, 5.41) is 0. The summed E-state index contributed by atoms with van der Waals surface area (Å²) in [5.41, 5.74) is 2.83. The smallest absolute Gasteiger partial charge is 0.410 e. The van der Waals surface area contributed by atoms with Gasteiger partial charge in [0.05, 0.1) is 0 Å². The molecule has 2 aromatic carbocycles. The van der Waals surface area contributed by atoms with E-state index < -0.39 is 24.2 Å². The van der Waals surface area contributed by atoms with Gasteiger partial charge in [0.1, 0.15) is 18.8 Å². The molecule has 0 saturated heterocycles. The largest absolute Gasteiger partial charge is 0.454 e. The third-order valence-electron chi connectivity index (χ3n) is 5.34. The van der Waals surface area contributed by atoms with Gasteiger partial charge in [0.25, 0.3) is 0 Å². The summed E-state index contributed by atoms with van der Waals surface area (Å²) in [6.07, 6.45) is 2.70. The first-order valence-electron chi connectivity index (χ1n) is 9.47. The maximum atomic E-state index is 12.9. The predicted molar refractivity (Wildman–Crippen MR) is 101 cm³/mol. The number of rotatable bonds is 3. The highest BCUT2D eigenvalue weighted by Gasteiger charge is 2.40. The summed E-state index contributed by atoms with van der Waals surface area (Å²) >= 11 is 0. The van der Waals surface area contributed by atoms with Crippen molar-refractivity contribution in [3.63, 3.8) is 0 Å². The molecule has 29 heavy (non-hydrogen) atoms. The van der Waals surface area contributed by atoms with Crippen LogP contribution in [0.3, 0.4) is 0 Å². The van der Waals surface area contributed by atoms with Crippen molar-refractivity contribution in [2.24, 2.45) is 0 Å². The number of amides is 1. The molecular formula is C22H19NO6. The summed E-state index contributed by atoms with van der Waals surface area (Å²) in [5.74, 6) is 0.906. The number of cyclic esters (lactones) is 1. The van der Waals surface area contributed by atoms with Crippen LogP contribution in [0.1, 0.15) is 22.7 Å². The number of nitrogens with zero attached hydrogens (tertiary/aromatic N) is 1. The van der Waals surface area contributed by atoms with Gasteiger partial charge < -0.3 is 18.9 Å². The normalized spacial score (nSPS) is 21.7. The first kappa shape index (κ1) is 17.6. The van der Waals surface area contributed by atoms with Crippen molar-refractivity contribution in [1.82, 2.24) is 4.90 Å². The monoisotopic (exact) mass is 393 g/mol. The topological polar surface area (TPSA) is 74.3 Å². The van der Waals surface area contributed by atoms with Gasteiger partial charge in [0.15, 0.2) is 11.5 Å². The molecule has 0 spiro atoms. The molecule has 3 heterocycles. The van der Waals surface area contributed by atoms with E-state index in [2.05, 4.69) is 0 Å². The van der Waals surface area contributed by atoms with Crippen molar-refractivity contribution < 1.29 is 28.5 Å². The van der Waals surface area contributed by atoms with Crippen LogP contribution in [0.2, 0.25) is 0 Å². The Labute approximate surface area is 167 Å². The van der Waals surface area contributed by atoms with Gasteiger partial charge in [0.2, 0.25) is 6.79 Å². The minimum Gasteiger partial charge on any atom is -0.454 e. The molecule has 2 aromatic rings. The van der Waals surface area contributed by atoms with Crippen LogP contribution in [0.5, 0.6) is 11.5 Å². The van der Waals surface area contributed by atoms with E-state index in [1.165, 1.54) is 6.08 Å². The molecular weight excluding hydrogens is 374 g/mol. The van der Waals surface area contributed by atoms with Gasteiger partial charge in [-0.15, -0.1) is 0 Å². The van der Waals surface area contributed by atoms with Crippen LogP contribution >= 0.6 is 0 Å². The van der Waals surface area contributed by atoms with Crippen LogP contribution in [0.15, 0.2) is 54.6 Å². The minimum absolute atomic E-state index is 0.171. The standard InChI is InChI=1S/C22H19NO6/c24-20-7-6-17(29-20)21-16-11-19-18(27-13-28-19)10-15(16)8-9-23(21)22(25)26-12-14-4-2-1-3-5-14/h1-7,10-11,17,21H,8-9,12-13H2/t17-,21+/m1/s1. The fourth-order valence-electron chi connectivity index (χ4n) is 3.96. The molecule has 0 N–H and O–H groups in total. The van der Waals surface area contributed by atoms with Gasteiger partial charge in [-0.05, 0) is 41.3 Å². The Morgan fingerprint density at radius 1 is 1.14 bits per heavy atom. The Hall–Kier alpha value is -3.48. The van der Waals surface area contributed by atoms with Crippen molar-refractivity contribution in [2.75, 3.05) is 13.3 Å². The van der Waals surface area contributed by atoms with Crippen LogP contribution in [-0.2, 0) is 27.3 Å². The summed E-state index contributed by atoms with van der Waals surface area (Å²) in [6, 6.07) is 12.8. The number of hydrogen-bond acceptors (Lipinski definition) is 6. The third-order valence-corrected chi connectivity index (χ3v) is 5.34. The summed E-state index contributed by atoms with van der Waals surface area (Å²) in [7, 11) is 0. The number of benzene rings is 2. The van der Waals surface area contributed by atoms with Crippen LogP contribution in [0.4, 0.5) is 4.79 Å². The second kappa shape index (κ2) is 7.16. The zero-order chi connectivity index (χ0) is 19.8. The number of carbonyl (C=O) groups excluding carboxylic acids is 2. The first-order valence-corrected chi connectivity index (χ1v) is 9.47. The molecule has 3 aliphatic heterocycles. The predicted octanol–water partition coefficient (Wildman–Crippen LogP) is 3.13. The minimum atomic E-state index is -0.578. The highest BCUT2D eigenvalue weighted by molar-refractivity contribution is 5.84. The van der Waals surface area contributed by atoms with Crippen LogP contribution in [0.25, 0.3) is 0 Å². The zero-order valence-corrected chi connectivity index (χ0v) is 15.6. The highest BCUT2D eigenvalue weighted by Crippen LogP contribution is 2.43. The molecule has 0 radical (unpaired) electrons. The fourth-order valence-corrected chi connectivity index (χ4v) is 3.96. The Kier molecular flexibility index (Phi) is 4.35. The molecule has 7 nitrogen and oxygen atoms in total. The average molecular weight is 393 g/mol. The summed E-state index contributed by atoms with van der Waals surface area (Å²) < 4.78 is 22.0. The Morgan fingerprint density at radius 2 is 1.93 bits per heavy atom.